The predicted octanol–water partition coefficient (Wildman–Crippen LogP) is -14.8. The quantitative estimate of drug-likeness (QED) is 0.0725. The van der Waals surface area contributed by atoms with Crippen LogP contribution in [-0.2, 0) is 18.3 Å². The first-order valence-corrected chi connectivity index (χ1v) is 13.6. The van der Waals surface area contributed by atoms with E-state index in [1.807, 2.05) is 0 Å². The molecular weight excluding hydrogens is 548 g/mol. The van der Waals surface area contributed by atoms with Crippen molar-refractivity contribution in [3.8, 4) is 0 Å². The number of unbranched alkanes of at least 4 members (excludes halogenated alkanes) is 4. The molecule has 0 aromatic rings. The van der Waals surface area contributed by atoms with Crippen molar-refractivity contribution < 1.29 is 186 Å². The summed E-state index contributed by atoms with van der Waals surface area (Å²) in [6.45, 7) is 0. The van der Waals surface area contributed by atoms with E-state index in [1.165, 1.54) is 0 Å². The van der Waals surface area contributed by atoms with E-state index in [4.69, 9.17) is 19.6 Å². The molecule has 0 bridgehead atoms. The minimum atomic E-state index is -5.87. The molecule has 0 aliphatic heterocycles. The van der Waals surface area contributed by atoms with Gasteiger partial charge in [0.05, 0.1) is 0 Å². The van der Waals surface area contributed by atoms with Gasteiger partial charge >= 0.3 is 118 Å². The van der Waals surface area contributed by atoms with Crippen LogP contribution >= 0.6 is 30.4 Å². The summed E-state index contributed by atoms with van der Waals surface area (Å²) in [7, 11) is -23.5. The van der Waals surface area contributed by atoms with Gasteiger partial charge in [-0.3, -0.25) is 0 Å². The summed E-state index contributed by atoms with van der Waals surface area (Å²) in [6, 6.07) is 0. The zero-order valence-corrected chi connectivity index (χ0v) is 29.3. The molecule has 14 nitrogen and oxygen atoms in total. The van der Waals surface area contributed by atoms with E-state index in [9.17, 15) is 48.0 Å². The minimum Gasteiger partial charge on any atom is -0.776 e. The molecular formula is C9H20Na4O14P4. The van der Waals surface area contributed by atoms with E-state index in [0.29, 0.717) is 0 Å². The van der Waals surface area contributed by atoms with Crippen LogP contribution in [0.5, 0.6) is 0 Å². The normalized spacial score (nSPS) is 22.5. The number of aliphatic hydroxyl groups is 2. The van der Waals surface area contributed by atoms with Crippen molar-refractivity contribution in [2.45, 2.75) is 55.1 Å². The maximum atomic E-state index is 11.0. The van der Waals surface area contributed by atoms with Crippen LogP contribution in [0.3, 0.4) is 0 Å². The first kappa shape index (κ1) is 45.4. The fourth-order valence-corrected chi connectivity index (χ4v) is 6.46. The van der Waals surface area contributed by atoms with E-state index >= 15 is 0 Å². The summed E-state index contributed by atoms with van der Waals surface area (Å²) >= 11 is 0. The second kappa shape index (κ2) is 17.2. The Labute approximate surface area is 267 Å². The largest absolute Gasteiger partial charge is 1.00 e. The van der Waals surface area contributed by atoms with Crippen LogP contribution in [-0.4, -0.2) is 40.0 Å². The van der Waals surface area contributed by atoms with E-state index < -0.39 is 53.4 Å². The van der Waals surface area contributed by atoms with Crippen LogP contribution in [0.4, 0.5) is 0 Å². The third kappa shape index (κ3) is 13.2. The van der Waals surface area contributed by atoms with Crippen LogP contribution in [0, 0.1) is 0 Å². The second-order valence-electron chi connectivity index (χ2n) is 5.90. The molecule has 22 heteroatoms. The summed E-state index contributed by atoms with van der Waals surface area (Å²) in [6.07, 6.45) is -2.74. The van der Waals surface area contributed by atoms with Gasteiger partial charge in [0.25, 0.3) is 0 Å². The SMILES string of the molecule is O=P([O-])(O)C(O)(CCCCCCCC(O)(P(=O)([O-])O)P(=O)([O-])O)P(=O)([O-])O.[Na+].[Na+].[Na+].[Na+]. The van der Waals surface area contributed by atoms with Crippen molar-refractivity contribution in [3.05, 3.63) is 0 Å². The molecule has 0 rings (SSSR count). The van der Waals surface area contributed by atoms with Gasteiger partial charge in [-0.15, -0.1) is 0 Å². The summed E-state index contributed by atoms with van der Waals surface area (Å²) in [5.74, 6) is 0. The molecule has 0 aromatic carbocycles. The van der Waals surface area contributed by atoms with Gasteiger partial charge in [-0.05, 0) is 25.7 Å². The maximum absolute atomic E-state index is 11.0. The van der Waals surface area contributed by atoms with Crippen molar-refractivity contribution in [2.75, 3.05) is 0 Å². The predicted molar refractivity (Wildman–Crippen MR) is 81.5 cm³/mol. The van der Waals surface area contributed by atoms with E-state index in [0.717, 1.165) is 0 Å². The Morgan fingerprint density at radius 1 is 0.484 bits per heavy atom. The Hall–Kier alpha value is 4.52. The van der Waals surface area contributed by atoms with Crippen molar-refractivity contribution in [1.29, 1.82) is 0 Å². The number of hydrogen-bond donors (Lipinski definition) is 6. The molecule has 0 saturated carbocycles. The molecule has 0 amide bonds. The van der Waals surface area contributed by atoms with Gasteiger partial charge in [0.15, 0.2) is 40.5 Å². The fourth-order valence-electron chi connectivity index (χ4n) is 2.14. The topological polar surface area (TPSA) is 282 Å². The second-order valence-corrected chi connectivity index (χ2v) is 13.7. The number of rotatable bonds is 12. The van der Waals surface area contributed by atoms with Gasteiger partial charge in [0.2, 0.25) is 0 Å². The van der Waals surface area contributed by atoms with Crippen LogP contribution in [0.15, 0.2) is 0 Å². The molecule has 0 fully saturated rings. The van der Waals surface area contributed by atoms with E-state index in [-0.39, 0.29) is 150 Å². The van der Waals surface area contributed by atoms with Crippen LogP contribution in [0.25, 0.3) is 0 Å². The monoisotopic (exact) mass is 568 g/mol. The van der Waals surface area contributed by atoms with Crippen molar-refractivity contribution in [1.82, 2.24) is 0 Å². The Morgan fingerprint density at radius 3 is 0.806 bits per heavy atom. The molecule has 0 aromatic heterocycles. The molecule has 0 aliphatic rings. The molecule has 4 unspecified atom stereocenters. The molecule has 0 aliphatic carbocycles. The van der Waals surface area contributed by atoms with Gasteiger partial charge in [0.1, 0.15) is 0 Å². The number of hydrogen-bond acceptors (Lipinski definition) is 10. The third-order valence-electron chi connectivity index (χ3n) is 3.83. The molecule has 4 atom stereocenters. The van der Waals surface area contributed by atoms with Crippen molar-refractivity contribution in [3.63, 3.8) is 0 Å². The minimum absolute atomic E-state index is 0. The maximum Gasteiger partial charge on any atom is 1.00 e. The third-order valence-corrected chi connectivity index (χ3v) is 11.4. The Morgan fingerprint density at radius 2 is 0.645 bits per heavy atom. The van der Waals surface area contributed by atoms with Crippen LogP contribution in [0.2, 0.25) is 0 Å². The zero-order chi connectivity index (χ0) is 21.9. The summed E-state index contributed by atoms with van der Waals surface area (Å²) < 4.78 is 43.9. The fraction of sp³-hybridized carbons (Fsp3) is 1.00. The van der Waals surface area contributed by atoms with Gasteiger partial charge in [-0.2, -0.15) is 0 Å². The molecule has 0 saturated heterocycles. The first-order chi connectivity index (χ1) is 11.7. The zero-order valence-electron chi connectivity index (χ0n) is 17.7. The van der Waals surface area contributed by atoms with E-state index in [2.05, 4.69) is 0 Å². The summed E-state index contributed by atoms with van der Waals surface area (Å²) in [5, 5.41) is 11.5. The van der Waals surface area contributed by atoms with Crippen LogP contribution < -0.4 is 138 Å². The van der Waals surface area contributed by atoms with Crippen molar-refractivity contribution >= 4 is 30.4 Å². The molecule has 31 heavy (non-hydrogen) atoms. The first-order valence-electron chi connectivity index (χ1n) is 7.31. The Bertz CT molecular complexity index is 596. The molecule has 0 heterocycles. The molecule has 0 spiro atoms. The van der Waals surface area contributed by atoms with Gasteiger partial charge < -0.3 is 67.6 Å². The molecule has 0 radical (unpaired) electrons. The summed E-state index contributed by atoms with van der Waals surface area (Å²) in [5.41, 5.74) is 0. The average Bonchev–Trinajstić information content (AvgIpc) is 2.40. The molecule has 6 N–H and O–H groups in total. The van der Waals surface area contributed by atoms with E-state index in [1.54, 1.807) is 0 Å². The summed E-state index contributed by atoms with van der Waals surface area (Å²) in [4.78, 5) is 79.1. The van der Waals surface area contributed by atoms with Gasteiger partial charge in [-0.25, -0.2) is 0 Å². The Balaban J connectivity index is -0.000000563. The average molecular weight is 568 g/mol. The van der Waals surface area contributed by atoms with Gasteiger partial charge in [-0.1, -0.05) is 19.3 Å². The van der Waals surface area contributed by atoms with Crippen molar-refractivity contribution in [2.24, 2.45) is 0 Å². The molecule has 164 valence electrons. The smallest absolute Gasteiger partial charge is 0.776 e. The Kier molecular flexibility index (Phi) is 25.2. The van der Waals surface area contributed by atoms with Gasteiger partial charge in [0, 0.05) is 0 Å². The standard InChI is InChI=1S/C9H24O14P4.4Na/c10-8(24(12,13)14,25(15,16)17)6-4-2-1-3-5-7-9(11,26(18,19)20)27(21,22)23;;;;/h10-11H,1-7H2,(H2,12,13,14)(H2,15,16,17)(H2,18,19,20)(H2,21,22,23);;;;/q;4*+1/p-4. The van der Waals surface area contributed by atoms with Crippen LogP contribution in [0.1, 0.15) is 44.9 Å².